The summed E-state index contributed by atoms with van der Waals surface area (Å²) in [7, 11) is 0. The molecule has 0 amide bonds. The van der Waals surface area contributed by atoms with E-state index in [4.69, 9.17) is 0 Å². The van der Waals surface area contributed by atoms with Gasteiger partial charge in [-0.15, -0.1) is 0 Å². The number of nitrogens with one attached hydrogen (secondary N) is 1. The van der Waals surface area contributed by atoms with Crippen LogP contribution in [0.5, 0.6) is 0 Å². The zero-order valence-electron chi connectivity index (χ0n) is 12.2. The van der Waals surface area contributed by atoms with Crippen LogP contribution in [0.3, 0.4) is 0 Å². The molecule has 4 rings (SSSR count). The topological polar surface area (TPSA) is 45.8 Å². The Labute approximate surface area is 141 Å². The number of aromatic amines is 1. The Bertz CT molecular complexity index is 1080. The van der Waals surface area contributed by atoms with Crippen molar-refractivity contribution in [3.05, 3.63) is 86.9 Å². The first-order valence-electron chi connectivity index (χ1n) is 7.36. The largest absolute Gasteiger partial charge is 0.310 e. The zero-order chi connectivity index (χ0) is 15.8. The lowest BCUT2D eigenvalue weighted by molar-refractivity contribution is 0.978. The molecule has 4 aromatic rings. The van der Waals surface area contributed by atoms with Crippen LogP contribution in [0.4, 0.5) is 0 Å². The highest BCUT2D eigenvalue weighted by atomic mass is 79.9. The summed E-state index contributed by atoms with van der Waals surface area (Å²) in [6.07, 6.45) is 0.600. The molecule has 1 N–H and O–H groups in total. The van der Waals surface area contributed by atoms with Crippen molar-refractivity contribution in [2.24, 2.45) is 0 Å². The fourth-order valence-electron chi connectivity index (χ4n) is 2.87. The van der Waals surface area contributed by atoms with Crippen molar-refractivity contribution in [1.82, 2.24) is 9.97 Å². The third kappa shape index (κ3) is 2.66. The van der Waals surface area contributed by atoms with Crippen LogP contribution >= 0.6 is 15.9 Å². The molecule has 0 atom stereocenters. The Morgan fingerprint density at radius 3 is 2.70 bits per heavy atom. The van der Waals surface area contributed by atoms with E-state index in [1.165, 1.54) is 10.8 Å². The molecule has 0 saturated carbocycles. The number of aromatic nitrogens is 2. The molecule has 0 aliphatic heterocycles. The van der Waals surface area contributed by atoms with Gasteiger partial charge in [-0.25, -0.2) is 4.98 Å². The third-order valence-corrected chi connectivity index (χ3v) is 4.45. The highest BCUT2D eigenvalue weighted by Gasteiger charge is 2.07. The molecule has 0 radical (unpaired) electrons. The second-order valence-electron chi connectivity index (χ2n) is 5.49. The zero-order valence-corrected chi connectivity index (χ0v) is 13.8. The first-order valence-corrected chi connectivity index (χ1v) is 8.15. The van der Waals surface area contributed by atoms with E-state index in [1.807, 2.05) is 30.3 Å². The van der Waals surface area contributed by atoms with Gasteiger partial charge in [-0.1, -0.05) is 58.4 Å². The summed E-state index contributed by atoms with van der Waals surface area (Å²) in [6.45, 7) is 0. The minimum absolute atomic E-state index is 0.105. The molecule has 0 fully saturated rings. The van der Waals surface area contributed by atoms with Crippen molar-refractivity contribution in [1.29, 1.82) is 0 Å². The maximum Gasteiger partial charge on any atom is 0.258 e. The Morgan fingerprint density at radius 2 is 1.78 bits per heavy atom. The minimum Gasteiger partial charge on any atom is -0.310 e. The van der Waals surface area contributed by atoms with Gasteiger partial charge in [-0.05, 0) is 34.5 Å². The molecule has 3 aromatic carbocycles. The number of hydrogen-bond acceptors (Lipinski definition) is 2. The van der Waals surface area contributed by atoms with Gasteiger partial charge in [0.05, 0.1) is 10.9 Å². The molecule has 0 aliphatic carbocycles. The second-order valence-corrected chi connectivity index (χ2v) is 6.40. The summed E-state index contributed by atoms with van der Waals surface area (Å²) in [5.41, 5.74) is 1.77. The summed E-state index contributed by atoms with van der Waals surface area (Å²) in [6, 6.07) is 20.0. The SMILES string of the molecule is O=c1[nH]c(Cc2cccc3ccccc23)nc2ccc(Br)cc12. The predicted octanol–water partition coefficient (Wildman–Crippen LogP) is 4.43. The monoisotopic (exact) mass is 364 g/mol. The predicted molar refractivity (Wildman–Crippen MR) is 96.8 cm³/mol. The van der Waals surface area contributed by atoms with E-state index in [0.717, 1.165) is 10.0 Å². The van der Waals surface area contributed by atoms with E-state index in [9.17, 15) is 4.79 Å². The van der Waals surface area contributed by atoms with Crippen LogP contribution in [0.1, 0.15) is 11.4 Å². The van der Waals surface area contributed by atoms with Gasteiger partial charge < -0.3 is 4.98 Å². The van der Waals surface area contributed by atoms with Crippen LogP contribution in [-0.2, 0) is 6.42 Å². The van der Waals surface area contributed by atoms with Gasteiger partial charge in [0.15, 0.2) is 0 Å². The molecule has 0 bridgehead atoms. The smallest absolute Gasteiger partial charge is 0.258 e. The lowest BCUT2D eigenvalue weighted by Gasteiger charge is -2.07. The number of rotatable bonds is 2. The molecular formula is C19H13BrN2O. The quantitative estimate of drug-likeness (QED) is 0.571. The molecule has 1 aromatic heterocycles. The number of hydrogen-bond donors (Lipinski definition) is 1. The van der Waals surface area contributed by atoms with Crippen molar-refractivity contribution in [2.45, 2.75) is 6.42 Å². The molecule has 0 aliphatic rings. The molecule has 112 valence electrons. The van der Waals surface area contributed by atoms with Crippen LogP contribution in [0.25, 0.3) is 21.7 Å². The van der Waals surface area contributed by atoms with Crippen LogP contribution in [0.2, 0.25) is 0 Å². The van der Waals surface area contributed by atoms with Gasteiger partial charge in [0.2, 0.25) is 0 Å². The van der Waals surface area contributed by atoms with Gasteiger partial charge in [0, 0.05) is 10.9 Å². The molecule has 0 unspecified atom stereocenters. The summed E-state index contributed by atoms with van der Waals surface area (Å²) in [5.74, 6) is 0.682. The normalized spacial score (nSPS) is 11.2. The molecule has 4 heteroatoms. The molecule has 1 heterocycles. The van der Waals surface area contributed by atoms with Crippen LogP contribution in [0.15, 0.2) is 69.9 Å². The van der Waals surface area contributed by atoms with Gasteiger partial charge in [-0.2, -0.15) is 0 Å². The van der Waals surface area contributed by atoms with Crippen molar-refractivity contribution >= 4 is 37.6 Å². The maximum atomic E-state index is 12.3. The number of benzene rings is 3. The molecular weight excluding hydrogens is 352 g/mol. The average molecular weight is 365 g/mol. The fraction of sp³-hybridized carbons (Fsp3) is 0.0526. The minimum atomic E-state index is -0.105. The van der Waals surface area contributed by atoms with E-state index in [0.29, 0.717) is 23.1 Å². The molecule has 0 spiro atoms. The van der Waals surface area contributed by atoms with Crippen LogP contribution < -0.4 is 5.56 Å². The summed E-state index contributed by atoms with van der Waals surface area (Å²) >= 11 is 3.39. The first-order chi connectivity index (χ1) is 11.2. The summed E-state index contributed by atoms with van der Waals surface area (Å²) in [5, 5.41) is 2.98. The Hall–Kier alpha value is -2.46. The van der Waals surface area contributed by atoms with E-state index in [-0.39, 0.29) is 5.56 Å². The van der Waals surface area contributed by atoms with Crippen molar-refractivity contribution in [3.63, 3.8) is 0 Å². The Kier molecular flexibility index (Phi) is 3.46. The van der Waals surface area contributed by atoms with Crippen LogP contribution in [-0.4, -0.2) is 9.97 Å². The second kappa shape index (κ2) is 5.63. The van der Waals surface area contributed by atoms with Crippen molar-refractivity contribution in [3.8, 4) is 0 Å². The molecule has 23 heavy (non-hydrogen) atoms. The number of H-pyrrole nitrogens is 1. The standard InChI is InChI=1S/C19H13BrN2O/c20-14-8-9-17-16(11-14)19(23)22-18(21-17)10-13-6-3-5-12-4-1-2-7-15(12)13/h1-9,11H,10H2,(H,21,22,23). The summed E-state index contributed by atoms with van der Waals surface area (Å²) < 4.78 is 0.874. The Balaban J connectivity index is 1.83. The third-order valence-electron chi connectivity index (χ3n) is 3.95. The molecule has 0 saturated heterocycles. The van der Waals surface area contributed by atoms with Gasteiger partial charge in [-0.3, -0.25) is 4.79 Å². The maximum absolute atomic E-state index is 12.3. The van der Waals surface area contributed by atoms with Crippen molar-refractivity contribution in [2.75, 3.05) is 0 Å². The average Bonchev–Trinajstić information content (AvgIpc) is 2.56. The Morgan fingerprint density at radius 1 is 0.957 bits per heavy atom. The highest BCUT2D eigenvalue weighted by molar-refractivity contribution is 9.10. The van der Waals surface area contributed by atoms with E-state index >= 15 is 0 Å². The summed E-state index contributed by atoms with van der Waals surface area (Å²) in [4.78, 5) is 19.8. The number of fused-ring (bicyclic) bond motifs is 2. The van der Waals surface area contributed by atoms with Gasteiger partial charge >= 0.3 is 0 Å². The van der Waals surface area contributed by atoms with Crippen molar-refractivity contribution < 1.29 is 0 Å². The van der Waals surface area contributed by atoms with E-state index in [2.05, 4.69) is 50.2 Å². The number of halogens is 1. The lowest BCUT2D eigenvalue weighted by Crippen LogP contribution is -2.12. The van der Waals surface area contributed by atoms with Gasteiger partial charge in [0.1, 0.15) is 5.82 Å². The number of nitrogens with zero attached hydrogens (tertiary/aromatic N) is 1. The van der Waals surface area contributed by atoms with E-state index < -0.39 is 0 Å². The van der Waals surface area contributed by atoms with Gasteiger partial charge in [0.25, 0.3) is 5.56 Å². The van der Waals surface area contributed by atoms with E-state index in [1.54, 1.807) is 6.07 Å². The fourth-order valence-corrected chi connectivity index (χ4v) is 3.23. The lowest BCUT2D eigenvalue weighted by atomic mass is 10.0. The molecule has 3 nitrogen and oxygen atoms in total. The van der Waals surface area contributed by atoms with Crippen LogP contribution in [0, 0.1) is 0 Å². The first kappa shape index (κ1) is 14.2. The highest BCUT2D eigenvalue weighted by Crippen LogP contribution is 2.21.